The summed E-state index contributed by atoms with van der Waals surface area (Å²) in [6.45, 7) is 0. The smallest absolute Gasteiger partial charge is 0.167 e. The van der Waals surface area contributed by atoms with Gasteiger partial charge >= 0.3 is 0 Å². The Hall–Kier alpha value is -7.11. The van der Waals surface area contributed by atoms with Crippen molar-refractivity contribution in [1.29, 1.82) is 0 Å². The van der Waals surface area contributed by atoms with Crippen LogP contribution in [-0.2, 0) is 0 Å². The van der Waals surface area contributed by atoms with E-state index < -0.39 is 0 Å². The average molecular weight is 761 g/mol. The molecule has 0 spiro atoms. The molecule has 0 N–H and O–H groups in total. The van der Waals surface area contributed by atoms with Gasteiger partial charge in [0, 0.05) is 27.5 Å². The Labute approximate surface area is 352 Å². The molecule has 11 rings (SSSR count). The summed E-state index contributed by atoms with van der Waals surface area (Å²) in [6.07, 6.45) is 0. The Morgan fingerprint density at radius 1 is 0.300 bits per heavy atom. The van der Waals surface area contributed by atoms with Gasteiger partial charge in [0.15, 0.2) is 17.5 Å². The standard InChI is InChI=1S/C51H36B5N3O/c52-42-41(43(53)45(55)46(56)44(42)54)27-20-22-29(23-21-27)50-57-49(28-10-2-1-3-11-28)58-51(59-50)39-19-9-18-38-37-17-8-16-31(47(37)60-48(38)39)30-24-25-36-34-14-5-4-12-32(34)33-13-6-7-15-35(33)40(36)26-30/h1-26H,52-56H2. The summed E-state index contributed by atoms with van der Waals surface area (Å²) >= 11 is 0. The number of furan rings is 1. The van der Waals surface area contributed by atoms with Gasteiger partial charge in [-0.25, -0.2) is 15.0 Å². The summed E-state index contributed by atoms with van der Waals surface area (Å²) in [7, 11) is 11.1. The maximum Gasteiger partial charge on any atom is 0.167 e. The van der Waals surface area contributed by atoms with E-state index in [9.17, 15) is 0 Å². The molecule has 60 heavy (non-hydrogen) atoms. The fraction of sp³-hybridized carbons (Fsp3) is 0. The highest BCUT2D eigenvalue weighted by Crippen LogP contribution is 2.42. The second-order valence-corrected chi connectivity index (χ2v) is 16.1. The van der Waals surface area contributed by atoms with Gasteiger partial charge in [-0.2, -0.15) is 0 Å². The first kappa shape index (κ1) is 36.0. The first-order valence-corrected chi connectivity index (χ1v) is 20.6. The topological polar surface area (TPSA) is 51.8 Å². The van der Waals surface area contributed by atoms with Crippen LogP contribution >= 0.6 is 0 Å². The number of benzene rings is 9. The lowest BCUT2D eigenvalue weighted by molar-refractivity contribution is 0.670. The zero-order valence-corrected chi connectivity index (χ0v) is 34.3. The van der Waals surface area contributed by atoms with Crippen LogP contribution in [0.4, 0.5) is 0 Å². The number of hydrogen-bond donors (Lipinski definition) is 0. The lowest BCUT2D eigenvalue weighted by Gasteiger charge is -2.20. The quantitative estimate of drug-likeness (QED) is 0.186. The third-order valence-corrected chi connectivity index (χ3v) is 12.9. The Kier molecular flexibility index (Phi) is 8.42. The van der Waals surface area contributed by atoms with Crippen LogP contribution in [0.3, 0.4) is 0 Å². The third-order valence-electron chi connectivity index (χ3n) is 12.9. The number of nitrogens with zero attached hydrogens (tertiary/aromatic N) is 3. The van der Waals surface area contributed by atoms with E-state index in [2.05, 4.69) is 167 Å². The molecule has 0 aliphatic rings. The zero-order chi connectivity index (χ0) is 40.6. The number of aromatic nitrogens is 3. The Bertz CT molecular complexity index is 3490. The lowest BCUT2D eigenvalue weighted by atomic mass is 9.59. The highest BCUT2D eigenvalue weighted by molar-refractivity contribution is 6.68. The van der Waals surface area contributed by atoms with Crippen LogP contribution in [-0.4, -0.2) is 54.2 Å². The predicted molar refractivity (Wildman–Crippen MR) is 268 cm³/mol. The van der Waals surface area contributed by atoms with Crippen molar-refractivity contribution in [2.24, 2.45) is 0 Å². The highest BCUT2D eigenvalue weighted by Gasteiger charge is 2.21. The molecule has 2 aromatic heterocycles. The minimum atomic E-state index is 0.565. The molecule has 4 nitrogen and oxygen atoms in total. The minimum absolute atomic E-state index is 0.565. The molecule has 0 saturated heterocycles. The second-order valence-electron chi connectivity index (χ2n) is 16.1. The first-order chi connectivity index (χ1) is 29.3. The molecule has 2 heterocycles. The van der Waals surface area contributed by atoms with Gasteiger partial charge in [-0.1, -0.05) is 157 Å². The molecular formula is C51H36B5N3O. The van der Waals surface area contributed by atoms with Crippen molar-refractivity contribution in [3.63, 3.8) is 0 Å². The van der Waals surface area contributed by atoms with E-state index in [1.165, 1.54) is 70.8 Å². The van der Waals surface area contributed by atoms with E-state index in [1.54, 1.807) is 0 Å². The molecule has 0 atom stereocenters. The molecule has 0 saturated carbocycles. The third kappa shape index (κ3) is 5.64. The van der Waals surface area contributed by atoms with Gasteiger partial charge in [0.25, 0.3) is 0 Å². The van der Waals surface area contributed by atoms with Crippen LogP contribution in [0.5, 0.6) is 0 Å². The van der Waals surface area contributed by atoms with Gasteiger partial charge in [0.1, 0.15) is 50.4 Å². The van der Waals surface area contributed by atoms with E-state index in [-0.39, 0.29) is 0 Å². The highest BCUT2D eigenvalue weighted by atomic mass is 16.3. The maximum absolute atomic E-state index is 7.00. The van der Waals surface area contributed by atoms with Gasteiger partial charge in [0.05, 0.1) is 5.56 Å². The number of fused-ring (bicyclic) bond motifs is 9. The lowest BCUT2D eigenvalue weighted by Crippen LogP contribution is -2.55. The Morgan fingerprint density at radius 2 is 0.717 bits per heavy atom. The van der Waals surface area contributed by atoms with Gasteiger partial charge in [-0.15, -0.1) is 16.4 Å². The fourth-order valence-electron chi connectivity index (χ4n) is 9.36. The van der Waals surface area contributed by atoms with E-state index in [4.69, 9.17) is 19.4 Å². The van der Waals surface area contributed by atoms with E-state index in [0.717, 1.165) is 49.8 Å². The molecule has 0 amide bonds. The van der Waals surface area contributed by atoms with E-state index >= 15 is 0 Å². The zero-order valence-electron chi connectivity index (χ0n) is 34.3. The summed E-state index contributed by atoms with van der Waals surface area (Å²) in [5.41, 5.74) is 15.6. The maximum atomic E-state index is 7.00. The molecule has 276 valence electrons. The van der Waals surface area contributed by atoms with Crippen LogP contribution in [0.25, 0.3) is 111 Å². The van der Waals surface area contributed by atoms with Gasteiger partial charge < -0.3 is 4.42 Å². The van der Waals surface area contributed by atoms with Crippen molar-refractivity contribution in [3.05, 3.63) is 158 Å². The number of rotatable bonds is 5. The molecule has 0 radical (unpaired) electrons. The molecular weight excluding hydrogens is 725 g/mol. The van der Waals surface area contributed by atoms with Crippen molar-refractivity contribution >= 4 is 121 Å². The Balaban J connectivity index is 1.07. The van der Waals surface area contributed by atoms with Crippen molar-refractivity contribution in [2.45, 2.75) is 0 Å². The van der Waals surface area contributed by atoms with Gasteiger partial charge in [-0.05, 0) is 61.1 Å². The molecule has 0 aliphatic carbocycles. The molecule has 11 aromatic rings. The van der Waals surface area contributed by atoms with Crippen molar-refractivity contribution in [3.8, 4) is 56.4 Å². The van der Waals surface area contributed by atoms with Crippen LogP contribution in [0.1, 0.15) is 0 Å². The summed E-state index contributed by atoms with van der Waals surface area (Å²) in [4.78, 5) is 15.4. The predicted octanol–water partition coefficient (Wildman–Crippen LogP) is 4.86. The SMILES string of the molecule is Bc1c(B)c(B)c(-c2ccc(-c3nc(-c4ccccc4)nc(-c4cccc5c4oc4c(-c6ccc7c8ccccc8c8ccccc8c7c6)cccc45)n3)cc2)c(B)c1B. The minimum Gasteiger partial charge on any atom is -0.455 e. The second kappa shape index (κ2) is 14.0. The number of hydrogen-bond acceptors (Lipinski definition) is 4. The van der Waals surface area contributed by atoms with Crippen LogP contribution in [0.2, 0.25) is 0 Å². The summed E-state index contributed by atoms with van der Waals surface area (Å²) in [6, 6.07) is 55.7. The van der Waals surface area contributed by atoms with Gasteiger partial charge in [-0.3, -0.25) is 0 Å². The molecule has 9 aromatic carbocycles. The van der Waals surface area contributed by atoms with E-state index in [1.807, 2.05) is 30.3 Å². The molecule has 0 fully saturated rings. The number of para-hydroxylation sites is 2. The van der Waals surface area contributed by atoms with E-state index in [0.29, 0.717) is 17.5 Å². The Morgan fingerprint density at radius 3 is 1.32 bits per heavy atom. The molecule has 0 bridgehead atoms. The molecule has 0 aliphatic heterocycles. The largest absolute Gasteiger partial charge is 0.455 e. The van der Waals surface area contributed by atoms with Crippen LogP contribution in [0, 0.1) is 0 Å². The van der Waals surface area contributed by atoms with Crippen LogP contribution in [0.15, 0.2) is 162 Å². The summed E-state index contributed by atoms with van der Waals surface area (Å²) in [5, 5.41) is 9.56. The fourth-order valence-corrected chi connectivity index (χ4v) is 9.36. The monoisotopic (exact) mass is 761 g/mol. The van der Waals surface area contributed by atoms with Crippen molar-refractivity contribution in [2.75, 3.05) is 0 Å². The first-order valence-electron chi connectivity index (χ1n) is 20.6. The van der Waals surface area contributed by atoms with Crippen LogP contribution < -0.4 is 27.3 Å². The average Bonchev–Trinajstić information content (AvgIpc) is 3.70. The summed E-state index contributed by atoms with van der Waals surface area (Å²) < 4.78 is 7.00. The van der Waals surface area contributed by atoms with Crippen molar-refractivity contribution in [1.82, 2.24) is 15.0 Å². The normalized spacial score (nSPS) is 11.7. The van der Waals surface area contributed by atoms with Crippen molar-refractivity contribution < 1.29 is 4.42 Å². The summed E-state index contributed by atoms with van der Waals surface area (Å²) in [5.74, 6) is 1.79. The molecule has 9 heteroatoms. The molecule has 0 unspecified atom stereocenters. The van der Waals surface area contributed by atoms with Gasteiger partial charge in [0.2, 0.25) is 0 Å².